The number of carbonyl (C=O) groups is 2. The molecule has 15 heteroatoms. The summed E-state index contributed by atoms with van der Waals surface area (Å²) >= 11 is 0. The number of carboxylic acid groups (broad SMARTS) is 1. The maximum Gasteiger partial charge on any atom is 0.410 e. The van der Waals surface area contributed by atoms with E-state index < -0.39 is 11.9 Å². The standard InChI is InChI=1S/C49H54FN7O7/c1-3-34-13-7-14-35-24-39(64-31-61-2)25-40(42(34)35)44-43(50)45-41(26-51-44)46(56-27-36-16-17-37(28-56)57(36)48(58)59)53-47(52-45)62-30-38-15-9-21-54(38)20-8-12-32-18-22-55(23-19-32)49(60)63-29-33-10-5-4-6-11-33/h4-7,9-11,13-15,21,24-26,32,36-37H,3,8,12,16-20,22-23,27-31H2,1-2H3,(H,58,59). The van der Waals surface area contributed by atoms with Gasteiger partial charge in [-0.2, -0.15) is 9.97 Å². The highest BCUT2D eigenvalue weighted by molar-refractivity contribution is 6.01. The molecule has 3 aromatic carbocycles. The molecule has 6 aromatic rings. The molecule has 6 heterocycles. The van der Waals surface area contributed by atoms with Crippen LogP contribution in [-0.4, -0.2) is 98.8 Å². The number of ether oxygens (including phenoxy) is 4. The Labute approximate surface area is 371 Å². The fourth-order valence-electron chi connectivity index (χ4n) is 9.78. The molecule has 2 unspecified atom stereocenters. The number of aryl methyl sites for hydroxylation is 2. The van der Waals surface area contributed by atoms with Crippen LogP contribution in [-0.2, 0) is 35.7 Å². The molecule has 0 spiro atoms. The minimum atomic E-state index is -0.929. The van der Waals surface area contributed by atoms with Gasteiger partial charge in [-0.1, -0.05) is 55.5 Å². The number of anilines is 1. The fourth-order valence-corrected chi connectivity index (χ4v) is 9.78. The zero-order valence-corrected chi connectivity index (χ0v) is 36.3. The maximum absolute atomic E-state index is 17.4. The molecule has 2 amide bonds. The first-order valence-electron chi connectivity index (χ1n) is 22.3. The normalized spacial score (nSPS) is 17.6. The molecule has 3 fully saturated rings. The number of fused-ring (bicyclic) bond motifs is 4. The second-order valence-corrected chi connectivity index (χ2v) is 17.0. The molecule has 2 bridgehead atoms. The minimum absolute atomic E-state index is 0.0182. The third kappa shape index (κ3) is 8.99. The number of methoxy groups -OCH3 is 1. The van der Waals surface area contributed by atoms with Gasteiger partial charge < -0.3 is 38.4 Å². The summed E-state index contributed by atoms with van der Waals surface area (Å²) in [6, 6.07) is 23.0. The molecule has 1 N–H and O–H groups in total. The van der Waals surface area contributed by atoms with E-state index in [-0.39, 0.29) is 55.4 Å². The monoisotopic (exact) mass is 871 g/mol. The molecular weight excluding hydrogens is 818 g/mol. The average Bonchev–Trinajstić information content (AvgIpc) is 3.89. The fraction of sp³-hybridized carbons (Fsp3) is 0.408. The molecular formula is C49H54FN7O7. The molecule has 64 heavy (non-hydrogen) atoms. The molecule has 0 radical (unpaired) electrons. The van der Waals surface area contributed by atoms with Crippen molar-refractivity contribution in [2.75, 3.05) is 45.0 Å². The Morgan fingerprint density at radius 1 is 0.906 bits per heavy atom. The molecule has 3 aromatic heterocycles. The Kier molecular flexibility index (Phi) is 12.8. The van der Waals surface area contributed by atoms with Gasteiger partial charge in [0.05, 0.1) is 23.2 Å². The van der Waals surface area contributed by atoms with Gasteiger partial charge in [-0.25, -0.2) is 14.0 Å². The number of amides is 2. The second kappa shape index (κ2) is 19.1. The van der Waals surface area contributed by atoms with Crippen molar-refractivity contribution in [1.29, 1.82) is 0 Å². The van der Waals surface area contributed by atoms with Crippen LogP contribution in [0, 0.1) is 11.7 Å². The lowest BCUT2D eigenvalue weighted by molar-refractivity contribution is 0.0512. The molecule has 0 aliphatic carbocycles. The van der Waals surface area contributed by atoms with Crippen molar-refractivity contribution in [3.05, 3.63) is 108 Å². The molecule has 2 atom stereocenters. The Morgan fingerprint density at radius 2 is 1.70 bits per heavy atom. The molecule has 3 aliphatic rings. The molecule has 9 rings (SSSR count). The average molecular weight is 872 g/mol. The van der Waals surface area contributed by atoms with Gasteiger partial charge in [0.1, 0.15) is 36.0 Å². The highest BCUT2D eigenvalue weighted by Crippen LogP contribution is 2.40. The van der Waals surface area contributed by atoms with E-state index in [0.29, 0.717) is 54.6 Å². The molecule has 0 saturated carbocycles. The van der Waals surface area contributed by atoms with E-state index in [9.17, 15) is 14.7 Å². The Balaban J connectivity index is 0.937. The van der Waals surface area contributed by atoms with Crippen LogP contribution in [0.25, 0.3) is 32.9 Å². The van der Waals surface area contributed by atoms with Crippen LogP contribution >= 0.6 is 0 Å². The van der Waals surface area contributed by atoms with Crippen LogP contribution in [0.15, 0.2) is 85.2 Å². The lowest BCUT2D eigenvalue weighted by atomic mass is 9.92. The number of piperazine rings is 1. The second-order valence-electron chi connectivity index (χ2n) is 17.0. The minimum Gasteiger partial charge on any atom is -0.468 e. The van der Waals surface area contributed by atoms with E-state index >= 15 is 4.39 Å². The van der Waals surface area contributed by atoms with Crippen LogP contribution in [0.1, 0.15) is 62.3 Å². The highest BCUT2D eigenvalue weighted by Gasteiger charge is 2.43. The number of hydrogen-bond donors (Lipinski definition) is 1. The summed E-state index contributed by atoms with van der Waals surface area (Å²) in [7, 11) is 1.55. The van der Waals surface area contributed by atoms with Crippen LogP contribution in [0.5, 0.6) is 11.8 Å². The molecule has 14 nitrogen and oxygen atoms in total. The summed E-state index contributed by atoms with van der Waals surface area (Å²) in [6.07, 6.45) is 8.54. The van der Waals surface area contributed by atoms with Crippen molar-refractivity contribution >= 4 is 39.7 Å². The lowest BCUT2D eigenvalue weighted by Crippen LogP contribution is -2.55. The third-order valence-corrected chi connectivity index (χ3v) is 13.0. The van der Waals surface area contributed by atoms with Gasteiger partial charge in [0, 0.05) is 57.8 Å². The number of rotatable bonds is 15. The smallest absolute Gasteiger partial charge is 0.410 e. The van der Waals surface area contributed by atoms with Crippen LogP contribution in [0.3, 0.4) is 0 Å². The molecule has 334 valence electrons. The van der Waals surface area contributed by atoms with E-state index in [4.69, 9.17) is 33.9 Å². The van der Waals surface area contributed by atoms with Gasteiger partial charge in [-0.15, -0.1) is 0 Å². The number of likely N-dealkylation sites (tertiary alicyclic amines) is 1. The first-order valence-corrected chi connectivity index (χ1v) is 22.3. The number of carbonyl (C=O) groups excluding carboxylic acids is 1. The molecule has 3 saturated heterocycles. The first kappa shape index (κ1) is 42.8. The number of benzene rings is 3. The highest BCUT2D eigenvalue weighted by atomic mass is 19.1. The number of piperidine rings is 1. The topological polar surface area (TPSA) is 145 Å². The Bertz CT molecular complexity index is 2600. The van der Waals surface area contributed by atoms with Crippen LogP contribution in [0.4, 0.5) is 19.8 Å². The zero-order chi connectivity index (χ0) is 44.2. The van der Waals surface area contributed by atoms with Crippen molar-refractivity contribution in [1.82, 2.24) is 29.3 Å². The van der Waals surface area contributed by atoms with Crippen molar-refractivity contribution < 1.29 is 38.0 Å². The van der Waals surface area contributed by atoms with Gasteiger partial charge in [-0.3, -0.25) is 9.88 Å². The quantitative estimate of drug-likeness (QED) is 0.0987. The van der Waals surface area contributed by atoms with E-state index in [1.54, 1.807) is 24.3 Å². The Morgan fingerprint density at radius 3 is 2.45 bits per heavy atom. The largest absolute Gasteiger partial charge is 0.468 e. The van der Waals surface area contributed by atoms with Crippen molar-refractivity contribution in [3.8, 4) is 23.0 Å². The lowest BCUT2D eigenvalue weighted by Gasteiger charge is -2.40. The van der Waals surface area contributed by atoms with Gasteiger partial charge in [-0.05, 0) is 97.0 Å². The van der Waals surface area contributed by atoms with Gasteiger partial charge >= 0.3 is 18.2 Å². The summed E-state index contributed by atoms with van der Waals surface area (Å²) in [5.41, 5.74) is 3.69. The van der Waals surface area contributed by atoms with E-state index in [0.717, 1.165) is 79.1 Å². The maximum atomic E-state index is 17.4. The number of halogens is 1. The zero-order valence-electron chi connectivity index (χ0n) is 36.3. The molecule has 3 aliphatic heterocycles. The number of pyridine rings is 1. The van der Waals surface area contributed by atoms with E-state index in [1.807, 2.05) is 82.7 Å². The van der Waals surface area contributed by atoms with Gasteiger partial charge in [0.15, 0.2) is 12.6 Å². The van der Waals surface area contributed by atoms with Crippen molar-refractivity contribution in [3.63, 3.8) is 0 Å². The van der Waals surface area contributed by atoms with E-state index in [1.165, 1.54) is 0 Å². The summed E-state index contributed by atoms with van der Waals surface area (Å²) in [5.74, 6) is 0.879. The van der Waals surface area contributed by atoms with Crippen LogP contribution < -0.4 is 14.4 Å². The summed E-state index contributed by atoms with van der Waals surface area (Å²) < 4.78 is 42.5. The number of hydrogen-bond acceptors (Lipinski definition) is 10. The Hall–Kier alpha value is -6.48. The van der Waals surface area contributed by atoms with Crippen molar-refractivity contribution in [2.45, 2.75) is 83.7 Å². The van der Waals surface area contributed by atoms with E-state index in [2.05, 4.69) is 11.5 Å². The summed E-state index contributed by atoms with van der Waals surface area (Å²) in [6.45, 7) is 5.50. The predicted octanol–water partition coefficient (Wildman–Crippen LogP) is 9.07. The van der Waals surface area contributed by atoms with Crippen LogP contribution in [0.2, 0.25) is 0 Å². The summed E-state index contributed by atoms with van der Waals surface area (Å²) in [5, 5.41) is 12.2. The van der Waals surface area contributed by atoms with Gasteiger partial charge in [0.25, 0.3) is 0 Å². The van der Waals surface area contributed by atoms with Crippen molar-refractivity contribution in [2.24, 2.45) is 5.92 Å². The third-order valence-electron chi connectivity index (χ3n) is 13.0. The first-order chi connectivity index (χ1) is 31.3. The number of aromatic nitrogens is 4. The summed E-state index contributed by atoms with van der Waals surface area (Å²) in [4.78, 5) is 44.7. The number of nitrogens with zero attached hydrogens (tertiary/aromatic N) is 7. The van der Waals surface area contributed by atoms with Gasteiger partial charge in [0.2, 0.25) is 0 Å². The predicted molar refractivity (Wildman–Crippen MR) is 240 cm³/mol. The SMILES string of the molecule is CCc1cccc2cc(OCOC)cc(-c3ncc4c(N5CC6CCC(C5)N6C(=O)O)nc(OCc5cccn5CCCC5CCN(C(=O)OCc6ccccc6)CC5)nc4c3F)c12.